The van der Waals surface area contributed by atoms with Gasteiger partial charge < -0.3 is 9.88 Å². The third kappa shape index (κ3) is 3.97. The van der Waals surface area contributed by atoms with Gasteiger partial charge in [0.05, 0.1) is 6.33 Å². The van der Waals surface area contributed by atoms with E-state index in [1.807, 2.05) is 6.33 Å². The van der Waals surface area contributed by atoms with Crippen LogP contribution in [0.1, 0.15) is 58.8 Å². The molecule has 3 heterocycles. The van der Waals surface area contributed by atoms with Gasteiger partial charge in [-0.05, 0) is 50.4 Å². The van der Waals surface area contributed by atoms with Crippen molar-refractivity contribution in [1.29, 1.82) is 0 Å². The number of rotatable bonds is 6. The molecule has 0 aliphatic heterocycles. The molecule has 3 aromatic heterocycles. The summed E-state index contributed by atoms with van der Waals surface area (Å²) in [7, 11) is 1.63. The maximum Gasteiger partial charge on any atom is 0.364 e. The van der Waals surface area contributed by atoms with E-state index in [0.717, 1.165) is 23.8 Å². The Kier molecular flexibility index (Phi) is 5.27. The van der Waals surface area contributed by atoms with Crippen LogP contribution in [0.3, 0.4) is 0 Å². The minimum Gasteiger partial charge on any atom is -0.365 e. The molecular weight excluding hydrogens is 392 g/mol. The summed E-state index contributed by atoms with van der Waals surface area (Å²) in [5, 5.41) is 6.58. The molecule has 0 bridgehead atoms. The topological polar surface area (TPSA) is 106 Å². The second-order valence-corrected chi connectivity index (χ2v) is 9.63. The van der Waals surface area contributed by atoms with Crippen molar-refractivity contribution in [2.45, 2.75) is 71.4 Å². The van der Waals surface area contributed by atoms with Crippen molar-refractivity contribution in [2.24, 2.45) is 24.8 Å². The molecule has 3 aromatic rings. The van der Waals surface area contributed by atoms with E-state index in [9.17, 15) is 4.79 Å². The first-order valence-corrected chi connectivity index (χ1v) is 11.6. The van der Waals surface area contributed by atoms with E-state index >= 15 is 0 Å². The van der Waals surface area contributed by atoms with Gasteiger partial charge in [-0.1, -0.05) is 26.2 Å². The van der Waals surface area contributed by atoms with Crippen molar-refractivity contribution in [1.82, 2.24) is 34.3 Å². The molecule has 0 saturated heterocycles. The second kappa shape index (κ2) is 8.09. The van der Waals surface area contributed by atoms with Gasteiger partial charge in [0.2, 0.25) is 5.82 Å². The Balaban J connectivity index is 1.52. The first-order chi connectivity index (χ1) is 15.0. The molecule has 9 heteroatoms. The lowest BCUT2D eigenvalue weighted by atomic mass is 9.80. The quantitative estimate of drug-likeness (QED) is 0.629. The third-order valence-corrected chi connectivity index (χ3v) is 7.26. The molecule has 0 spiro atoms. The zero-order valence-electron chi connectivity index (χ0n) is 18.6. The zero-order valence-corrected chi connectivity index (χ0v) is 18.6. The van der Waals surface area contributed by atoms with Crippen LogP contribution < -0.4 is 11.0 Å². The number of anilines is 1. The summed E-state index contributed by atoms with van der Waals surface area (Å²) in [4.78, 5) is 30.0. The average molecular weight is 425 g/mol. The minimum absolute atomic E-state index is 0.321. The first-order valence-electron chi connectivity index (χ1n) is 11.6. The number of nitrogens with one attached hydrogen (secondary N) is 2. The Morgan fingerprint density at radius 2 is 1.94 bits per heavy atom. The van der Waals surface area contributed by atoms with E-state index in [2.05, 4.69) is 43.8 Å². The van der Waals surface area contributed by atoms with Gasteiger partial charge in [0.25, 0.3) is 0 Å². The molecule has 0 radical (unpaired) electrons. The number of aryl methyl sites for hydroxylation is 1. The highest BCUT2D eigenvalue weighted by atomic mass is 16.1. The van der Waals surface area contributed by atoms with Gasteiger partial charge in [-0.3, -0.25) is 5.10 Å². The highest BCUT2D eigenvalue weighted by Gasteiger charge is 2.27. The van der Waals surface area contributed by atoms with E-state index in [-0.39, 0.29) is 5.69 Å². The van der Waals surface area contributed by atoms with Gasteiger partial charge in [0.15, 0.2) is 17.3 Å². The number of hydrogen-bond donors (Lipinski definition) is 2. The van der Waals surface area contributed by atoms with Crippen LogP contribution in [-0.4, -0.2) is 40.3 Å². The normalized spacial score (nSPS) is 23.1. The zero-order chi connectivity index (χ0) is 21.5. The number of hydrogen-bond acceptors (Lipinski definition) is 6. The number of fused-ring (bicyclic) bond motifs is 1. The molecule has 2 saturated carbocycles. The summed E-state index contributed by atoms with van der Waals surface area (Å²) in [5.74, 6) is 3.71. The lowest BCUT2D eigenvalue weighted by Crippen LogP contribution is -2.31. The van der Waals surface area contributed by atoms with Crippen molar-refractivity contribution >= 4 is 17.0 Å². The fraction of sp³-hybridized carbons (Fsp3) is 0.682. The predicted molar refractivity (Wildman–Crippen MR) is 120 cm³/mol. The molecular formula is C22H32N8O. The first kappa shape index (κ1) is 20.2. The standard InChI is InChI=1S/C22H32N8O/c1-13-7-9-15(10-8-13)11-30-12-23-18-17(30)19(24-14(2)16-5-4-6-16)26-20(25-18)21-27-22(31)29(3)28-21/h12-16H,4-11H2,1-3H3,(H,24,25,26)(H,27,28,31)/t13?,14-,15?/m1/s1. The number of H-pyrrole nitrogens is 1. The number of aromatic nitrogens is 7. The van der Waals surface area contributed by atoms with E-state index in [4.69, 9.17) is 4.98 Å². The predicted octanol–water partition coefficient (Wildman–Crippen LogP) is 3.34. The van der Waals surface area contributed by atoms with Crippen LogP contribution in [-0.2, 0) is 13.6 Å². The highest BCUT2D eigenvalue weighted by molar-refractivity contribution is 5.85. The van der Waals surface area contributed by atoms with Gasteiger partial charge >= 0.3 is 5.69 Å². The van der Waals surface area contributed by atoms with Crippen molar-refractivity contribution in [3.05, 3.63) is 16.8 Å². The number of aromatic amines is 1. The van der Waals surface area contributed by atoms with Gasteiger partial charge in [-0.25, -0.2) is 24.4 Å². The maximum atomic E-state index is 11.9. The Morgan fingerprint density at radius 3 is 2.58 bits per heavy atom. The maximum absolute atomic E-state index is 11.9. The summed E-state index contributed by atoms with van der Waals surface area (Å²) in [5.41, 5.74) is 1.24. The van der Waals surface area contributed by atoms with Crippen molar-refractivity contribution < 1.29 is 0 Å². The molecule has 0 aromatic carbocycles. The summed E-state index contributed by atoms with van der Waals surface area (Å²) >= 11 is 0. The molecule has 31 heavy (non-hydrogen) atoms. The fourth-order valence-corrected chi connectivity index (χ4v) is 4.89. The third-order valence-electron chi connectivity index (χ3n) is 7.26. The molecule has 0 unspecified atom stereocenters. The molecule has 5 rings (SSSR count). The van der Waals surface area contributed by atoms with E-state index in [1.165, 1.54) is 49.6 Å². The number of imidazole rings is 1. The van der Waals surface area contributed by atoms with Gasteiger partial charge in [-0.2, -0.15) is 4.98 Å². The Hall–Kier alpha value is -2.71. The number of nitrogens with zero attached hydrogens (tertiary/aromatic N) is 6. The van der Waals surface area contributed by atoms with Crippen LogP contribution in [0, 0.1) is 17.8 Å². The molecule has 166 valence electrons. The van der Waals surface area contributed by atoms with Gasteiger partial charge in [-0.15, -0.1) is 0 Å². The van der Waals surface area contributed by atoms with E-state index < -0.39 is 0 Å². The second-order valence-electron chi connectivity index (χ2n) is 9.63. The molecule has 0 amide bonds. The molecule has 1 atom stereocenters. The van der Waals surface area contributed by atoms with Crippen molar-refractivity contribution in [2.75, 3.05) is 5.32 Å². The average Bonchev–Trinajstić information content (AvgIpc) is 3.25. The fourth-order valence-electron chi connectivity index (χ4n) is 4.89. The monoisotopic (exact) mass is 424 g/mol. The molecule has 2 fully saturated rings. The van der Waals surface area contributed by atoms with Crippen LogP contribution in [0.15, 0.2) is 11.1 Å². The summed E-state index contributed by atoms with van der Waals surface area (Å²) in [6.45, 7) is 5.52. The Morgan fingerprint density at radius 1 is 1.16 bits per heavy atom. The van der Waals surface area contributed by atoms with E-state index in [1.54, 1.807) is 7.05 Å². The lowest BCUT2D eigenvalue weighted by Gasteiger charge is -2.32. The smallest absolute Gasteiger partial charge is 0.364 e. The Labute approximate surface area is 181 Å². The summed E-state index contributed by atoms with van der Waals surface area (Å²) in [6, 6.07) is 0.321. The SMILES string of the molecule is CC1CCC(Cn2cnc3nc(-c4nc(=O)n(C)[nH]4)nc(N[C@H](C)C4CCC4)c32)CC1. The Bertz CT molecular complexity index is 1120. The van der Waals surface area contributed by atoms with Crippen LogP contribution in [0.2, 0.25) is 0 Å². The van der Waals surface area contributed by atoms with Crippen LogP contribution in [0.25, 0.3) is 22.8 Å². The van der Waals surface area contributed by atoms with Crippen LogP contribution in [0.4, 0.5) is 5.82 Å². The highest BCUT2D eigenvalue weighted by Crippen LogP contribution is 2.34. The van der Waals surface area contributed by atoms with Crippen LogP contribution >= 0.6 is 0 Å². The van der Waals surface area contributed by atoms with Crippen molar-refractivity contribution in [3.8, 4) is 11.6 Å². The molecule has 2 aliphatic rings. The lowest BCUT2D eigenvalue weighted by molar-refractivity contribution is 0.266. The molecule has 9 nitrogen and oxygen atoms in total. The molecule has 2 N–H and O–H groups in total. The summed E-state index contributed by atoms with van der Waals surface area (Å²) in [6.07, 6.45) is 10.8. The summed E-state index contributed by atoms with van der Waals surface area (Å²) < 4.78 is 3.55. The van der Waals surface area contributed by atoms with Crippen molar-refractivity contribution in [3.63, 3.8) is 0 Å². The van der Waals surface area contributed by atoms with E-state index in [0.29, 0.717) is 35.2 Å². The van der Waals surface area contributed by atoms with Crippen LogP contribution in [0.5, 0.6) is 0 Å². The molecule has 2 aliphatic carbocycles. The minimum atomic E-state index is -0.354. The van der Waals surface area contributed by atoms with Gasteiger partial charge in [0.1, 0.15) is 5.52 Å². The largest absolute Gasteiger partial charge is 0.365 e. The van der Waals surface area contributed by atoms with Gasteiger partial charge in [0, 0.05) is 19.6 Å².